The normalized spacial score (nSPS) is 11.5. The smallest absolute Gasteiger partial charge is 0.304 e. The summed E-state index contributed by atoms with van der Waals surface area (Å²) in [4.78, 5) is 10.7. The van der Waals surface area contributed by atoms with Crippen LogP contribution in [-0.4, -0.2) is 16.2 Å². The van der Waals surface area contributed by atoms with Gasteiger partial charge >= 0.3 is 5.97 Å². The monoisotopic (exact) mass is 262 g/mol. The van der Waals surface area contributed by atoms with E-state index in [-0.39, 0.29) is 22.2 Å². The fourth-order valence-corrected chi connectivity index (χ4v) is 1.92. The lowest BCUT2D eigenvalue weighted by atomic mass is 9.81. The molecule has 0 unspecified atom stereocenters. The first-order valence-corrected chi connectivity index (χ1v) is 5.40. The molecule has 2 N–H and O–H groups in total. The molecule has 0 radical (unpaired) electrons. The van der Waals surface area contributed by atoms with Crippen molar-refractivity contribution in [3.63, 3.8) is 0 Å². The fourth-order valence-electron chi connectivity index (χ4n) is 1.44. The molecule has 1 aromatic carbocycles. The van der Waals surface area contributed by atoms with E-state index >= 15 is 0 Å². The second kappa shape index (κ2) is 4.52. The quantitative estimate of drug-likeness (QED) is 0.878. The lowest BCUT2D eigenvalue weighted by molar-refractivity contribution is -0.138. The van der Waals surface area contributed by atoms with Crippen molar-refractivity contribution in [3.05, 3.63) is 27.7 Å². The summed E-state index contributed by atoms with van der Waals surface area (Å²) < 4.78 is 0. The van der Waals surface area contributed by atoms with E-state index in [4.69, 9.17) is 28.3 Å². The van der Waals surface area contributed by atoms with Crippen LogP contribution in [-0.2, 0) is 10.2 Å². The molecular weight excluding hydrogens is 251 g/mol. The summed E-state index contributed by atoms with van der Waals surface area (Å²) >= 11 is 11.6. The van der Waals surface area contributed by atoms with E-state index in [0.717, 1.165) is 0 Å². The molecular formula is C11H12Cl2O3. The summed E-state index contributed by atoms with van der Waals surface area (Å²) in [5, 5.41) is 18.4. The van der Waals surface area contributed by atoms with Gasteiger partial charge in [-0.15, -0.1) is 0 Å². The van der Waals surface area contributed by atoms with Gasteiger partial charge < -0.3 is 10.2 Å². The van der Waals surface area contributed by atoms with E-state index in [0.29, 0.717) is 5.56 Å². The number of benzene rings is 1. The Morgan fingerprint density at radius 2 is 1.75 bits per heavy atom. The van der Waals surface area contributed by atoms with Crippen LogP contribution >= 0.6 is 23.2 Å². The maximum atomic E-state index is 10.7. The molecule has 0 aliphatic carbocycles. The van der Waals surface area contributed by atoms with E-state index in [1.54, 1.807) is 13.8 Å². The van der Waals surface area contributed by atoms with Crippen LogP contribution in [0.4, 0.5) is 0 Å². The van der Waals surface area contributed by atoms with Gasteiger partial charge in [0.05, 0.1) is 16.5 Å². The Labute approximate surface area is 104 Å². The average molecular weight is 263 g/mol. The SMILES string of the molecule is CC(C)(CC(=O)O)c1cc(Cl)c(O)c(Cl)c1. The van der Waals surface area contributed by atoms with E-state index in [1.165, 1.54) is 12.1 Å². The molecule has 0 amide bonds. The first-order chi connectivity index (χ1) is 7.24. The van der Waals surface area contributed by atoms with Crippen molar-refractivity contribution in [1.29, 1.82) is 0 Å². The molecule has 5 heteroatoms. The minimum absolute atomic E-state index is 0.0373. The second-order valence-corrected chi connectivity index (χ2v) is 5.06. The highest BCUT2D eigenvalue weighted by Crippen LogP contribution is 2.37. The zero-order valence-electron chi connectivity index (χ0n) is 8.92. The molecule has 0 spiro atoms. The summed E-state index contributed by atoms with van der Waals surface area (Å²) in [6.45, 7) is 3.56. The summed E-state index contributed by atoms with van der Waals surface area (Å²) in [5.74, 6) is -1.08. The van der Waals surface area contributed by atoms with Crippen molar-refractivity contribution < 1.29 is 15.0 Å². The number of carboxylic acid groups (broad SMARTS) is 1. The van der Waals surface area contributed by atoms with E-state index < -0.39 is 11.4 Å². The Kier molecular flexibility index (Phi) is 3.71. The van der Waals surface area contributed by atoms with Gasteiger partial charge in [0, 0.05) is 5.41 Å². The Morgan fingerprint density at radius 3 is 2.12 bits per heavy atom. The van der Waals surface area contributed by atoms with Crippen molar-refractivity contribution in [2.45, 2.75) is 25.7 Å². The van der Waals surface area contributed by atoms with Crippen molar-refractivity contribution >= 4 is 29.2 Å². The number of carboxylic acids is 1. The molecule has 88 valence electrons. The van der Waals surface area contributed by atoms with Gasteiger partial charge in [-0.1, -0.05) is 37.0 Å². The molecule has 1 rings (SSSR count). The Hall–Kier alpha value is -0.930. The van der Waals surface area contributed by atoms with E-state index in [2.05, 4.69) is 0 Å². The van der Waals surface area contributed by atoms with Crippen LogP contribution in [0.1, 0.15) is 25.8 Å². The summed E-state index contributed by atoms with van der Waals surface area (Å²) in [6, 6.07) is 3.07. The van der Waals surface area contributed by atoms with Gasteiger partial charge in [0.2, 0.25) is 0 Å². The van der Waals surface area contributed by atoms with Gasteiger partial charge in [0.25, 0.3) is 0 Å². The Balaban J connectivity index is 3.18. The number of halogens is 2. The molecule has 3 nitrogen and oxygen atoms in total. The number of aromatic hydroxyl groups is 1. The molecule has 0 aliphatic rings. The van der Waals surface area contributed by atoms with Gasteiger partial charge in [-0.2, -0.15) is 0 Å². The highest BCUT2D eigenvalue weighted by atomic mass is 35.5. The maximum Gasteiger partial charge on any atom is 0.304 e. The molecule has 0 aromatic heterocycles. The standard InChI is InChI=1S/C11H12Cl2O3/c1-11(2,5-9(14)15)6-3-7(12)10(16)8(13)4-6/h3-4,16H,5H2,1-2H3,(H,14,15). The molecule has 0 aliphatic heterocycles. The fraction of sp³-hybridized carbons (Fsp3) is 0.364. The third kappa shape index (κ3) is 2.80. The number of phenols is 1. The van der Waals surface area contributed by atoms with Crippen LogP contribution in [0.3, 0.4) is 0 Å². The lowest BCUT2D eigenvalue weighted by Crippen LogP contribution is -2.21. The van der Waals surface area contributed by atoms with E-state index in [1.807, 2.05) is 0 Å². The predicted molar refractivity (Wildman–Crippen MR) is 63.4 cm³/mol. The highest BCUT2D eigenvalue weighted by Gasteiger charge is 2.25. The summed E-state index contributed by atoms with van der Waals surface area (Å²) in [6.07, 6.45) is -0.0373. The summed E-state index contributed by atoms with van der Waals surface area (Å²) in [7, 11) is 0. The molecule has 0 fully saturated rings. The number of phenolic OH excluding ortho intramolecular Hbond substituents is 1. The minimum Gasteiger partial charge on any atom is -0.505 e. The molecule has 0 heterocycles. The number of aliphatic carboxylic acids is 1. The van der Waals surface area contributed by atoms with Crippen LogP contribution in [0.2, 0.25) is 10.0 Å². The van der Waals surface area contributed by atoms with Gasteiger partial charge in [0.15, 0.2) is 5.75 Å². The average Bonchev–Trinajstić information content (AvgIpc) is 2.11. The molecule has 0 atom stereocenters. The number of rotatable bonds is 3. The molecule has 0 bridgehead atoms. The third-order valence-electron chi connectivity index (χ3n) is 2.39. The van der Waals surface area contributed by atoms with Gasteiger partial charge in [0.1, 0.15) is 0 Å². The van der Waals surface area contributed by atoms with Crippen LogP contribution in [0, 0.1) is 0 Å². The zero-order chi connectivity index (χ0) is 12.5. The first kappa shape index (κ1) is 13.1. The van der Waals surface area contributed by atoms with Crippen molar-refractivity contribution in [2.75, 3.05) is 0 Å². The number of hydrogen-bond donors (Lipinski definition) is 2. The first-order valence-electron chi connectivity index (χ1n) is 4.64. The van der Waals surface area contributed by atoms with E-state index in [9.17, 15) is 9.90 Å². The number of carbonyl (C=O) groups is 1. The van der Waals surface area contributed by atoms with Crippen molar-refractivity contribution in [3.8, 4) is 5.75 Å². The van der Waals surface area contributed by atoms with Crippen molar-refractivity contribution in [2.24, 2.45) is 0 Å². The Bertz CT molecular complexity index is 404. The Morgan fingerprint density at radius 1 is 1.31 bits per heavy atom. The van der Waals surface area contributed by atoms with Crippen LogP contribution in [0.5, 0.6) is 5.75 Å². The zero-order valence-corrected chi connectivity index (χ0v) is 10.4. The highest BCUT2D eigenvalue weighted by molar-refractivity contribution is 6.37. The number of hydrogen-bond acceptors (Lipinski definition) is 2. The van der Waals surface area contributed by atoms with Crippen LogP contribution in [0.25, 0.3) is 0 Å². The third-order valence-corrected chi connectivity index (χ3v) is 2.97. The maximum absolute atomic E-state index is 10.7. The molecule has 0 saturated heterocycles. The van der Waals surface area contributed by atoms with Gasteiger partial charge in [-0.3, -0.25) is 4.79 Å². The second-order valence-electron chi connectivity index (χ2n) is 4.24. The van der Waals surface area contributed by atoms with Gasteiger partial charge in [-0.25, -0.2) is 0 Å². The summed E-state index contributed by atoms with van der Waals surface area (Å²) in [5.41, 5.74) is 0.0926. The molecule has 1 aromatic rings. The topological polar surface area (TPSA) is 57.5 Å². The van der Waals surface area contributed by atoms with Gasteiger partial charge in [-0.05, 0) is 17.7 Å². The predicted octanol–water partition coefficient (Wildman–Crippen LogP) is 3.45. The van der Waals surface area contributed by atoms with Crippen LogP contribution in [0.15, 0.2) is 12.1 Å². The minimum atomic E-state index is -0.898. The molecule has 16 heavy (non-hydrogen) atoms. The van der Waals surface area contributed by atoms with Crippen LogP contribution < -0.4 is 0 Å². The van der Waals surface area contributed by atoms with Crippen molar-refractivity contribution in [1.82, 2.24) is 0 Å². The largest absolute Gasteiger partial charge is 0.505 e. The lowest BCUT2D eigenvalue weighted by Gasteiger charge is -2.23. The molecule has 0 saturated carbocycles.